The molecule has 148 valence electrons. The first-order valence-electron chi connectivity index (χ1n) is 8.63. The van der Waals surface area contributed by atoms with E-state index in [0.29, 0.717) is 18.5 Å². The minimum atomic E-state index is -3.96. The number of benzene rings is 1. The van der Waals surface area contributed by atoms with Crippen molar-refractivity contribution < 1.29 is 27.9 Å². The second-order valence-electron chi connectivity index (χ2n) is 7.12. The minimum Gasteiger partial charge on any atom is -0.495 e. The molecule has 9 nitrogen and oxygen atoms in total. The van der Waals surface area contributed by atoms with Crippen LogP contribution in [0.2, 0.25) is 0 Å². The summed E-state index contributed by atoms with van der Waals surface area (Å²) < 4.78 is 28.3. The van der Waals surface area contributed by atoms with Crippen LogP contribution in [0.15, 0.2) is 23.1 Å². The van der Waals surface area contributed by atoms with Crippen LogP contribution in [0, 0.1) is 11.3 Å². The monoisotopic (exact) mass is 397 g/mol. The third-order valence-electron chi connectivity index (χ3n) is 5.56. The number of primary sulfonamides is 1. The molecule has 1 saturated heterocycles. The van der Waals surface area contributed by atoms with Crippen LogP contribution in [0.1, 0.15) is 24.8 Å². The van der Waals surface area contributed by atoms with Gasteiger partial charge in [-0.1, -0.05) is 12.5 Å². The van der Waals surface area contributed by atoms with Crippen LogP contribution in [-0.4, -0.2) is 50.6 Å². The van der Waals surface area contributed by atoms with Crippen molar-refractivity contribution in [2.45, 2.75) is 30.7 Å². The molecule has 2 aliphatic rings. The van der Waals surface area contributed by atoms with Crippen molar-refractivity contribution in [2.75, 3.05) is 20.2 Å². The Morgan fingerprint density at radius 2 is 2.19 bits per heavy atom. The van der Waals surface area contributed by atoms with Crippen LogP contribution in [-0.2, 0) is 21.4 Å². The summed E-state index contributed by atoms with van der Waals surface area (Å²) in [5.41, 5.74) is -0.293. The fourth-order valence-electron chi connectivity index (χ4n) is 4.14. The Hall–Kier alpha value is -2.33. The summed E-state index contributed by atoms with van der Waals surface area (Å²) in [6.45, 7) is 0.708. The highest BCUT2D eigenvalue weighted by Gasteiger charge is 2.55. The average molecular weight is 397 g/mol. The van der Waals surface area contributed by atoms with Gasteiger partial charge in [0.15, 0.2) is 0 Å². The number of carboxylic acid groups (broad SMARTS) is 1. The standard InChI is InChI=1S/C17H23N3O6S/c1-26-13-5-4-11(7-14(13)27(18,24)25)8-19-16(23)20-9-12-3-2-6-17(12,10-20)15(21)22/h4-5,7,12H,2-3,6,8-10H2,1H3,(H,19,23)(H,21,22)(H2,18,24,25)/t12-,17+/m0/s1. The number of hydrogen-bond acceptors (Lipinski definition) is 5. The SMILES string of the molecule is COc1ccc(CNC(=O)N2C[C@@H]3CCC[C@@]3(C(=O)O)C2)cc1S(N)(=O)=O. The Morgan fingerprint density at radius 3 is 2.78 bits per heavy atom. The van der Waals surface area contributed by atoms with Crippen molar-refractivity contribution in [2.24, 2.45) is 16.5 Å². The molecular weight excluding hydrogens is 374 g/mol. The zero-order chi connectivity index (χ0) is 19.8. The number of carbonyl (C=O) groups excluding carboxylic acids is 1. The predicted molar refractivity (Wildman–Crippen MR) is 95.6 cm³/mol. The van der Waals surface area contributed by atoms with Gasteiger partial charge in [0.05, 0.1) is 12.5 Å². The van der Waals surface area contributed by atoms with Crippen LogP contribution in [0.5, 0.6) is 5.75 Å². The number of fused-ring (bicyclic) bond motifs is 1. The van der Waals surface area contributed by atoms with E-state index in [1.165, 1.54) is 24.1 Å². The molecule has 4 N–H and O–H groups in total. The highest BCUT2D eigenvalue weighted by atomic mass is 32.2. The topological polar surface area (TPSA) is 139 Å². The number of aliphatic carboxylic acids is 1. The molecule has 1 aromatic rings. The smallest absolute Gasteiger partial charge is 0.317 e. The third kappa shape index (κ3) is 3.59. The fourth-order valence-corrected chi connectivity index (χ4v) is 4.88. The first kappa shape index (κ1) is 19.4. The number of carboxylic acids is 1. The summed E-state index contributed by atoms with van der Waals surface area (Å²) in [6.07, 6.45) is 2.27. The van der Waals surface area contributed by atoms with Gasteiger partial charge in [0.1, 0.15) is 10.6 Å². The van der Waals surface area contributed by atoms with Crippen LogP contribution in [0.25, 0.3) is 0 Å². The number of rotatable bonds is 5. The molecule has 1 aliphatic heterocycles. The van der Waals surface area contributed by atoms with Crippen molar-refractivity contribution in [3.05, 3.63) is 23.8 Å². The van der Waals surface area contributed by atoms with E-state index in [0.717, 1.165) is 12.8 Å². The van der Waals surface area contributed by atoms with Gasteiger partial charge in [-0.2, -0.15) is 0 Å². The second-order valence-corrected chi connectivity index (χ2v) is 8.65. The van der Waals surface area contributed by atoms with E-state index in [1.807, 2.05) is 0 Å². The first-order valence-corrected chi connectivity index (χ1v) is 10.2. The first-order chi connectivity index (χ1) is 12.7. The number of carbonyl (C=O) groups is 2. The Morgan fingerprint density at radius 1 is 1.44 bits per heavy atom. The predicted octanol–water partition coefficient (Wildman–Crippen LogP) is 0.739. The number of nitrogens with two attached hydrogens (primary N) is 1. The summed E-state index contributed by atoms with van der Waals surface area (Å²) in [5, 5.41) is 17.5. The maximum absolute atomic E-state index is 12.5. The van der Waals surface area contributed by atoms with Gasteiger partial charge in [-0.3, -0.25) is 4.79 Å². The lowest BCUT2D eigenvalue weighted by Gasteiger charge is -2.23. The van der Waals surface area contributed by atoms with Gasteiger partial charge in [-0.05, 0) is 36.5 Å². The molecule has 0 bridgehead atoms. The van der Waals surface area contributed by atoms with Gasteiger partial charge in [0.2, 0.25) is 10.0 Å². The molecule has 2 atom stereocenters. The lowest BCUT2D eigenvalue weighted by molar-refractivity contribution is -0.149. The molecule has 1 saturated carbocycles. The molecule has 1 aliphatic carbocycles. The van der Waals surface area contributed by atoms with Crippen LogP contribution < -0.4 is 15.2 Å². The molecular formula is C17H23N3O6S. The van der Waals surface area contributed by atoms with Crippen molar-refractivity contribution in [3.8, 4) is 5.75 Å². The molecule has 0 spiro atoms. The zero-order valence-electron chi connectivity index (χ0n) is 15.0. The summed E-state index contributed by atoms with van der Waals surface area (Å²) >= 11 is 0. The van der Waals surface area contributed by atoms with E-state index in [-0.39, 0.29) is 35.7 Å². The summed E-state index contributed by atoms with van der Waals surface area (Å²) in [4.78, 5) is 25.6. The van der Waals surface area contributed by atoms with Gasteiger partial charge in [0, 0.05) is 19.6 Å². The second kappa shape index (κ2) is 7.01. The van der Waals surface area contributed by atoms with Crippen LogP contribution in [0.4, 0.5) is 4.79 Å². The quantitative estimate of drug-likeness (QED) is 0.670. The number of hydrogen-bond donors (Lipinski definition) is 3. The Balaban J connectivity index is 1.68. The van der Waals surface area contributed by atoms with Gasteiger partial charge >= 0.3 is 12.0 Å². The van der Waals surface area contributed by atoms with Gasteiger partial charge in [-0.25, -0.2) is 18.4 Å². The summed E-state index contributed by atoms with van der Waals surface area (Å²) in [6, 6.07) is 4.09. The number of nitrogens with zero attached hydrogens (tertiary/aromatic N) is 1. The molecule has 0 aromatic heterocycles. The maximum atomic E-state index is 12.5. The molecule has 3 rings (SSSR count). The van der Waals surface area contributed by atoms with E-state index in [4.69, 9.17) is 9.88 Å². The molecule has 0 radical (unpaired) electrons. The van der Waals surface area contributed by atoms with Gasteiger partial charge in [-0.15, -0.1) is 0 Å². The maximum Gasteiger partial charge on any atom is 0.317 e. The average Bonchev–Trinajstić information content (AvgIpc) is 3.17. The molecule has 0 unspecified atom stereocenters. The zero-order valence-corrected chi connectivity index (χ0v) is 15.8. The molecule has 27 heavy (non-hydrogen) atoms. The highest BCUT2D eigenvalue weighted by Crippen LogP contribution is 2.48. The molecule has 1 heterocycles. The molecule has 10 heteroatoms. The Bertz CT molecular complexity index is 871. The number of sulfonamides is 1. The van der Waals surface area contributed by atoms with E-state index in [2.05, 4.69) is 5.32 Å². The largest absolute Gasteiger partial charge is 0.495 e. The molecule has 2 amide bonds. The molecule has 2 fully saturated rings. The number of ether oxygens (including phenoxy) is 1. The van der Waals surface area contributed by atoms with Crippen LogP contribution in [0.3, 0.4) is 0 Å². The van der Waals surface area contributed by atoms with E-state index < -0.39 is 21.4 Å². The van der Waals surface area contributed by atoms with Crippen molar-refractivity contribution in [3.63, 3.8) is 0 Å². The minimum absolute atomic E-state index is 0.0178. The lowest BCUT2D eigenvalue weighted by Crippen LogP contribution is -2.41. The van der Waals surface area contributed by atoms with Gasteiger partial charge < -0.3 is 20.1 Å². The summed E-state index contributed by atoms with van der Waals surface area (Å²) in [5.74, 6) is -0.729. The van der Waals surface area contributed by atoms with E-state index in [9.17, 15) is 23.1 Å². The number of amides is 2. The van der Waals surface area contributed by atoms with Gasteiger partial charge in [0.25, 0.3) is 0 Å². The fraction of sp³-hybridized carbons (Fsp3) is 0.529. The van der Waals surface area contributed by atoms with Crippen LogP contribution >= 0.6 is 0 Å². The summed E-state index contributed by atoms with van der Waals surface area (Å²) in [7, 11) is -2.62. The third-order valence-corrected chi connectivity index (χ3v) is 6.49. The highest BCUT2D eigenvalue weighted by molar-refractivity contribution is 7.89. The van der Waals surface area contributed by atoms with Crippen molar-refractivity contribution in [1.29, 1.82) is 0 Å². The normalized spacial score (nSPS) is 24.5. The number of urea groups is 1. The van der Waals surface area contributed by atoms with Crippen molar-refractivity contribution in [1.82, 2.24) is 10.2 Å². The van der Waals surface area contributed by atoms with E-state index in [1.54, 1.807) is 6.07 Å². The number of likely N-dealkylation sites (tertiary alicyclic amines) is 1. The Kier molecular flexibility index (Phi) is 5.04. The van der Waals surface area contributed by atoms with E-state index >= 15 is 0 Å². The van der Waals surface area contributed by atoms with Crippen molar-refractivity contribution >= 4 is 22.0 Å². The number of methoxy groups -OCH3 is 1. The number of nitrogens with one attached hydrogen (secondary N) is 1. The Labute approximate surface area is 157 Å². The lowest BCUT2D eigenvalue weighted by atomic mass is 9.81. The molecule has 1 aromatic carbocycles.